The van der Waals surface area contributed by atoms with Crippen molar-refractivity contribution in [2.75, 3.05) is 45.9 Å². The van der Waals surface area contributed by atoms with Crippen LogP contribution in [0.3, 0.4) is 0 Å². The fourth-order valence-corrected chi connectivity index (χ4v) is 3.67. The Morgan fingerprint density at radius 1 is 1.05 bits per heavy atom. The van der Waals surface area contributed by atoms with Gasteiger partial charge in [0, 0.05) is 0 Å². The van der Waals surface area contributed by atoms with Gasteiger partial charge in [0.25, 0.3) is 0 Å². The normalized spacial score (nSPS) is 27.2. The molecule has 0 bridgehead atoms. The molecule has 0 aliphatic carbocycles. The van der Waals surface area contributed by atoms with Crippen molar-refractivity contribution in [3.63, 3.8) is 0 Å². The van der Waals surface area contributed by atoms with E-state index in [1.54, 1.807) is 9.80 Å². The molecule has 126 valence electrons. The van der Waals surface area contributed by atoms with E-state index in [-0.39, 0.29) is 24.8 Å². The summed E-state index contributed by atoms with van der Waals surface area (Å²) in [6.07, 6.45) is 2.71. The lowest BCUT2D eigenvalue weighted by Crippen LogP contribution is -3.28. The first kappa shape index (κ1) is 19.7. The number of benzene rings is 1. The van der Waals surface area contributed by atoms with Crippen LogP contribution in [-0.2, 0) is 11.2 Å². The predicted molar refractivity (Wildman–Crippen MR) is 80.3 cm³/mol. The van der Waals surface area contributed by atoms with Crippen LogP contribution in [0.15, 0.2) is 24.3 Å². The minimum Gasteiger partial charge on any atom is -1.00 e. The summed E-state index contributed by atoms with van der Waals surface area (Å²) in [5.74, 6) is 0. The smallest absolute Gasteiger partial charge is 0.132 e. The summed E-state index contributed by atoms with van der Waals surface area (Å²) in [5.41, 5.74) is 2.94. The Kier molecular flexibility index (Phi) is 8.73. The van der Waals surface area contributed by atoms with Gasteiger partial charge in [-0.3, -0.25) is 0 Å². The highest BCUT2D eigenvalue weighted by atomic mass is 35.5. The third-order valence-electron chi connectivity index (χ3n) is 4.83. The van der Waals surface area contributed by atoms with Crippen LogP contribution in [-0.4, -0.2) is 45.9 Å². The van der Waals surface area contributed by atoms with Crippen molar-refractivity contribution in [1.82, 2.24) is 0 Å². The summed E-state index contributed by atoms with van der Waals surface area (Å²) in [6.45, 7) is 10.9. The Bertz CT molecular complexity index is 436. The van der Waals surface area contributed by atoms with Crippen LogP contribution in [0.25, 0.3) is 0 Å². The van der Waals surface area contributed by atoms with Crippen LogP contribution < -0.4 is 34.6 Å². The van der Waals surface area contributed by atoms with Crippen molar-refractivity contribution < 1.29 is 39.4 Å². The predicted octanol–water partition coefficient (Wildman–Crippen LogP) is -6.50. The maximum Gasteiger partial charge on any atom is 0.132 e. The maximum absolute atomic E-state index is 6.05. The average Bonchev–Trinajstić information content (AvgIpc) is 2.50. The van der Waals surface area contributed by atoms with Crippen molar-refractivity contribution in [1.29, 1.82) is 0 Å². The lowest BCUT2D eigenvalue weighted by atomic mass is 9.97. The highest BCUT2D eigenvalue weighted by Gasteiger charge is 2.28. The van der Waals surface area contributed by atoms with Crippen molar-refractivity contribution >= 4 is 0 Å². The molecule has 2 aliphatic rings. The second kappa shape index (κ2) is 9.74. The van der Waals surface area contributed by atoms with Crippen molar-refractivity contribution in [3.8, 4) is 0 Å². The molecule has 5 heteroatoms. The van der Waals surface area contributed by atoms with Gasteiger partial charge in [-0.1, -0.05) is 31.2 Å². The minimum absolute atomic E-state index is 0. The topological polar surface area (TPSA) is 18.1 Å². The van der Waals surface area contributed by atoms with Gasteiger partial charge >= 0.3 is 0 Å². The summed E-state index contributed by atoms with van der Waals surface area (Å²) in [7, 11) is 0. The number of hydrogen-bond acceptors (Lipinski definition) is 1. The monoisotopic (exact) mass is 346 g/mol. The summed E-state index contributed by atoms with van der Waals surface area (Å²) in [5, 5.41) is 0. The molecular formula is C17H28Cl2N2O. The molecule has 0 radical (unpaired) electrons. The Labute approximate surface area is 146 Å². The Hall–Kier alpha value is -0.320. The Morgan fingerprint density at radius 2 is 1.73 bits per heavy atom. The van der Waals surface area contributed by atoms with Gasteiger partial charge in [-0.2, -0.15) is 0 Å². The van der Waals surface area contributed by atoms with Crippen LogP contribution in [0.1, 0.15) is 30.6 Å². The zero-order valence-electron chi connectivity index (χ0n) is 13.4. The van der Waals surface area contributed by atoms with E-state index in [0.717, 1.165) is 19.6 Å². The van der Waals surface area contributed by atoms with Crippen molar-refractivity contribution in [2.45, 2.75) is 25.9 Å². The van der Waals surface area contributed by atoms with Gasteiger partial charge in [0.1, 0.15) is 38.8 Å². The van der Waals surface area contributed by atoms with Crippen molar-refractivity contribution in [2.24, 2.45) is 0 Å². The van der Waals surface area contributed by atoms with Gasteiger partial charge in [0.05, 0.1) is 13.2 Å². The van der Waals surface area contributed by atoms with Crippen LogP contribution in [0.2, 0.25) is 0 Å². The van der Waals surface area contributed by atoms with E-state index in [0.29, 0.717) is 6.10 Å². The molecule has 1 unspecified atom stereocenters. The third kappa shape index (κ3) is 4.84. The molecular weight excluding hydrogens is 319 g/mol. The fourth-order valence-electron chi connectivity index (χ4n) is 3.67. The highest BCUT2D eigenvalue weighted by molar-refractivity contribution is 5.30. The zero-order valence-corrected chi connectivity index (χ0v) is 14.9. The number of fused-ring (bicyclic) bond motifs is 1. The van der Waals surface area contributed by atoms with E-state index < -0.39 is 0 Å². The molecule has 22 heavy (non-hydrogen) atoms. The number of piperazine rings is 1. The van der Waals surface area contributed by atoms with Gasteiger partial charge in [0.15, 0.2) is 0 Å². The third-order valence-corrected chi connectivity index (χ3v) is 4.83. The van der Waals surface area contributed by atoms with Crippen molar-refractivity contribution in [3.05, 3.63) is 35.4 Å². The van der Waals surface area contributed by atoms with Crippen LogP contribution in [0.4, 0.5) is 0 Å². The Balaban J connectivity index is 0.00000121. The summed E-state index contributed by atoms with van der Waals surface area (Å²) < 4.78 is 6.05. The van der Waals surface area contributed by atoms with Crippen LogP contribution in [0.5, 0.6) is 0 Å². The largest absolute Gasteiger partial charge is 1.00 e. The quantitative estimate of drug-likeness (QED) is 0.555. The first-order valence-corrected chi connectivity index (χ1v) is 8.23. The fraction of sp³-hybridized carbons (Fsp3) is 0.647. The van der Waals surface area contributed by atoms with E-state index in [9.17, 15) is 0 Å². The maximum atomic E-state index is 6.05. The number of quaternary nitrogens is 2. The molecule has 1 atom stereocenters. The first-order valence-electron chi connectivity index (χ1n) is 8.23. The molecule has 1 fully saturated rings. The molecule has 1 aromatic carbocycles. The summed E-state index contributed by atoms with van der Waals surface area (Å²) in [4.78, 5) is 3.52. The van der Waals surface area contributed by atoms with E-state index in [1.807, 2.05) is 0 Å². The molecule has 0 amide bonds. The minimum atomic E-state index is 0. The number of hydrogen-bond donors (Lipinski definition) is 2. The lowest BCUT2D eigenvalue weighted by Gasteiger charge is -2.33. The molecule has 1 saturated heterocycles. The SMILES string of the molecule is CCC[NH+]1CC[NH+](CC2OCCc3ccccc32)CC1.[Cl-].[Cl-]. The second-order valence-electron chi connectivity index (χ2n) is 6.26. The van der Waals surface area contributed by atoms with E-state index in [1.165, 1.54) is 50.3 Å². The molecule has 3 rings (SSSR count). The molecule has 1 aromatic rings. The molecule has 0 spiro atoms. The molecule has 2 heterocycles. The number of nitrogens with one attached hydrogen (secondary N) is 2. The molecule has 2 N–H and O–H groups in total. The first-order chi connectivity index (χ1) is 9.86. The van der Waals surface area contributed by atoms with Crippen LogP contribution >= 0.6 is 0 Å². The zero-order chi connectivity index (χ0) is 13.8. The second-order valence-corrected chi connectivity index (χ2v) is 6.26. The van der Waals surface area contributed by atoms with Gasteiger partial charge in [-0.15, -0.1) is 0 Å². The van der Waals surface area contributed by atoms with E-state index in [4.69, 9.17) is 4.74 Å². The number of halogens is 2. The molecule has 2 aliphatic heterocycles. The summed E-state index contributed by atoms with van der Waals surface area (Å²) in [6, 6.07) is 8.83. The molecule has 3 nitrogen and oxygen atoms in total. The standard InChI is InChI=1S/C17H26N2O.2ClH/c1-2-8-18-9-11-19(12-10-18)14-17-16-6-4-3-5-15(16)7-13-20-17;;/h3-6,17H,2,7-14H2,1H3;2*1H. The highest BCUT2D eigenvalue weighted by Crippen LogP contribution is 2.25. The number of rotatable bonds is 4. The average molecular weight is 347 g/mol. The van der Waals surface area contributed by atoms with E-state index >= 15 is 0 Å². The summed E-state index contributed by atoms with van der Waals surface area (Å²) >= 11 is 0. The van der Waals surface area contributed by atoms with Gasteiger partial charge in [0.2, 0.25) is 0 Å². The van der Waals surface area contributed by atoms with E-state index in [2.05, 4.69) is 31.2 Å². The molecule has 0 saturated carbocycles. The molecule has 0 aromatic heterocycles. The van der Waals surface area contributed by atoms with Crippen LogP contribution in [0, 0.1) is 0 Å². The lowest BCUT2D eigenvalue weighted by molar-refractivity contribution is -1.01. The van der Waals surface area contributed by atoms with Gasteiger partial charge in [-0.25, -0.2) is 0 Å². The Morgan fingerprint density at radius 3 is 2.45 bits per heavy atom. The van der Waals surface area contributed by atoms with Gasteiger partial charge < -0.3 is 39.4 Å². The number of ether oxygens (including phenoxy) is 1. The van der Waals surface area contributed by atoms with Gasteiger partial charge in [-0.05, 0) is 24.0 Å².